The second-order valence-corrected chi connectivity index (χ2v) is 4.56. The van der Waals surface area contributed by atoms with Crippen LogP contribution in [0.1, 0.15) is 59.3 Å². The number of hydrogen-bond donors (Lipinski definition) is 1. The summed E-state index contributed by atoms with van der Waals surface area (Å²) < 4.78 is 5.64. The Bertz CT molecular complexity index is 180. The number of carbonyl (C=O) groups is 1. The van der Waals surface area contributed by atoms with Crippen molar-refractivity contribution in [2.75, 3.05) is 6.61 Å². The van der Waals surface area contributed by atoms with E-state index in [9.17, 15) is 4.79 Å². The molecule has 16 heavy (non-hydrogen) atoms. The van der Waals surface area contributed by atoms with Gasteiger partial charge in [-0.3, -0.25) is 4.79 Å². The molecule has 0 amide bonds. The van der Waals surface area contributed by atoms with Gasteiger partial charge in [0.15, 0.2) is 0 Å². The van der Waals surface area contributed by atoms with Gasteiger partial charge in [0.05, 0.1) is 12.0 Å². The van der Waals surface area contributed by atoms with E-state index in [2.05, 4.69) is 13.8 Å². The monoisotopic (exact) mass is 230 g/mol. The number of aliphatic carboxylic acids is 1. The fraction of sp³-hybridized carbons (Fsp3) is 0.923. The molecule has 0 spiro atoms. The average molecular weight is 230 g/mol. The third kappa shape index (κ3) is 8.72. The van der Waals surface area contributed by atoms with E-state index in [4.69, 9.17) is 9.84 Å². The first-order valence-electron chi connectivity index (χ1n) is 6.42. The number of carboxylic acid groups (broad SMARTS) is 1. The zero-order valence-corrected chi connectivity index (χ0v) is 10.9. The second-order valence-electron chi connectivity index (χ2n) is 4.56. The van der Waals surface area contributed by atoms with E-state index in [1.165, 1.54) is 12.8 Å². The Morgan fingerprint density at radius 2 is 1.88 bits per heavy atom. The molecule has 0 aromatic heterocycles. The maximum atomic E-state index is 10.6. The van der Waals surface area contributed by atoms with Crippen molar-refractivity contribution in [2.24, 2.45) is 5.92 Å². The highest BCUT2D eigenvalue weighted by atomic mass is 16.5. The molecule has 0 aliphatic carbocycles. The van der Waals surface area contributed by atoms with Crippen molar-refractivity contribution in [1.29, 1.82) is 0 Å². The van der Waals surface area contributed by atoms with Gasteiger partial charge < -0.3 is 9.84 Å². The Balaban J connectivity index is 3.36. The third-order valence-corrected chi connectivity index (χ3v) is 2.82. The average Bonchev–Trinajstić information content (AvgIpc) is 2.24. The van der Waals surface area contributed by atoms with Crippen molar-refractivity contribution < 1.29 is 14.6 Å². The summed E-state index contributed by atoms with van der Waals surface area (Å²) in [4.78, 5) is 10.6. The first kappa shape index (κ1) is 15.4. The molecule has 0 heterocycles. The standard InChI is InChI=1S/C13H26O3/c1-4-5-6-10-16-12(3)9-7-8-11(2)13(14)15/h11-12H,4-10H2,1-3H3,(H,14,15). The molecular weight excluding hydrogens is 204 g/mol. The molecular formula is C13H26O3. The molecule has 0 aliphatic rings. The molecule has 0 fully saturated rings. The predicted molar refractivity (Wildman–Crippen MR) is 65.6 cm³/mol. The van der Waals surface area contributed by atoms with E-state index in [-0.39, 0.29) is 12.0 Å². The number of ether oxygens (including phenoxy) is 1. The van der Waals surface area contributed by atoms with E-state index in [1.54, 1.807) is 6.92 Å². The van der Waals surface area contributed by atoms with Gasteiger partial charge in [-0.15, -0.1) is 0 Å². The Kier molecular flexibility index (Phi) is 9.30. The molecule has 0 aliphatic heterocycles. The summed E-state index contributed by atoms with van der Waals surface area (Å²) >= 11 is 0. The van der Waals surface area contributed by atoms with Crippen LogP contribution >= 0.6 is 0 Å². The van der Waals surface area contributed by atoms with Gasteiger partial charge in [0.2, 0.25) is 0 Å². The molecule has 2 atom stereocenters. The van der Waals surface area contributed by atoms with Crippen molar-refractivity contribution in [1.82, 2.24) is 0 Å². The number of hydrogen-bond acceptors (Lipinski definition) is 2. The first-order valence-corrected chi connectivity index (χ1v) is 6.42. The van der Waals surface area contributed by atoms with E-state index in [0.29, 0.717) is 0 Å². The summed E-state index contributed by atoms with van der Waals surface area (Å²) in [7, 11) is 0. The summed E-state index contributed by atoms with van der Waals surface area (Å²) in [6.45, 7) is 6.84. The minimum absolute atomic E-state index is 0.229. The molecule has 3 nitrogen and oxygen atoms in total. The molecule has 0 saturated carbocycles. The molecule has 3 heteroatoms. The SMILES string of the molecule is CCCCCOC(C)CCCC(C)C(=O)O. The minimum atomic E-state index is -0.698. The van der Waals surface area contributed by atoms with E-state index < -0.39 is 5.97 Å². The van der Waals surface area contributed by atoms with Gasteiger partial charge in [-0.2, -0.15) is 0 Å². The molecule has 96 valence electrons. The van der Waals surface area contributed by atoms with Crippen molar-refractivity contribution in [3.8, 4) is 0 Å². The Labute approximate surface area is 99.2 Å². The summed E-state index contributed by atoms with van der Waals surface area (Å²) in [6.07, 6.45) is 6.48. The fourth-order valence-electron chi connectivity index (χ4n) is 1.55. The van der Waals surface area contributed by atoms with Crippen LogP contribution in [0.25, 0.3) is 0 Å². The van der Waals surface area contributed by atoms with Crippen molar-refractivity contribution in [2.45, 2.75) is 65.4 Å². The lowest BCUT2D eigenvalue weighted by Gasteiger charge is -2.13. The maximum absolute atomic E-state index is 10.6. The Hall–Kier alpha value is -0.570. The lowest BCUT2D eigenvalue weighted by atomic mass is 10.0. The highest BCUT2D eigenvalue weighted by Gasteiger charge is 2.11. The number of carboxylic acids is 1. The van der Waals surface area contributed by atoms with Crippen molar-refractivity contribution in [3.05, 3.63) is 0 Å². The highest BCUT2D eigenvalue weighted by molar-refractivity contribution is 5.69. The first-order chi connectivity index (χ1) is 7.57. The van der Waals surface area contributed by atoms with E-state index >= 15 is 0 Å². The summed E-state index contributed by atoms with van der Waals surface area (Å²) in [6, 6.07) is 0. The normalized spacial score (nSPS) is 14.7. The molecule has 0 aromatic carbocycles. The fourth-order valence-corrected chi connectivity index (χ4v) is 1.55. The van der Waals surface area contributed by atoms with Gasteiger partial charge in [0.1, 0.15) is 0 Å². The highest BCUT2D eigenvalue weighted by Crippen LogP contribution is 2.11. The summed E-state index contributed by atoms with van der Waals surface area (Å²) in [5, 5.41) is 8.72. The lowest BCUT2D eigenvalue weighted by molar-refractivity contribution is -0.141. The Morgan fingerprint density at radius 1 is 1.19 bits per heavy atom. The van der Waals surface area contributed by atoms with Crippen LogP contribution in [-0.2, 0) is 9.53 Å². The topological polar surface area (TPSA) is 46.5 Å². The largest absolute Gasteiger partial charge is 0.481 e. The second kappa shape index (κ2) is 9.64. The molecule has 0 aromatic rings. The van der Waals surface area contributed by atoms with E-state index in [1.807, 2.05) is 0 Å². The predicted octanol–water partition coefficient (Wildman–Crippen LogP) is 3.47. The van der Waals surface area contributed by atoms with Crippen LogP contribution in [-0.4, -0.2) is 23.8 Å². The van der Waals surface area contributed by atoms with Gasteiger partial charge in [0, 0.05) is 6.61 Å². The van der Waals surface area contributed by atoms with Gasteiger partial charge in [0.25, 0.3) is 0 Å². The zero-order chi connectivity index (χ0) is 12.4. The zero-order valence-electron chi connectivity index (χ0n) is 10.9. The quantitative estimate of drug-likeness (QED) is 0.584. The molecule has 0 rings (SSSR count). The van der Waals surface area contributed by atoms with Crippen LogP contribution in [0.2, 0.25) is 0 Å². The van der Waals surface area contributed by atoms with Crippen molar-refractivity contribution in [3.63, 3.8) is 0 Å². The molecule has 0 saturated heterocycles. The van der Waals surface area contributed by atoms with Crippen LogP contribution in [0.15, 0.2) is 0 Å². The van der Waals surface area contributed by atoms with Gasteiger partial charge in [-0.25, -0.2) is 0 Å². The van der Waals surface area contributed by atoms with Gasteiger partial charge >= 0.3 is 5.97 Å². The van der Waals surface area contributed by atoms with Crippen LogP contribution < -0.4 is 0 Å². The molecule has 1 N–H and O–H groups in total. The van der Waals surface area contributed by atoms with Gasteiger partial charge in [-0.1, -0.05) is 33.1 Å². The number of rotatable bonds is 10. The maximum Gasteiger partial charge on any atom is 0.306 e. The lowest BCUT2D eigenvalue weighted by Crippen LogP contribution is -2.12. The summed E-state index contributed by atoms with van der Waals surface area (Å²) in [5.41, 5.74) is 0. The smallest absolute Gasteiger partial charge is 0.306 e. The van der Waals surface area contributed by atoms with Crippen LogP contribution in [0.4, 0.5) is 0 Å². The van der Waals surface area contributed by atoms with Crippen molar-refractivity contribution >= 4 is 5.97 Å². The van der Waals surface area contributed by atoms with E-state index in [0.717, 1.165) is 32.3 Å². The minimum Gasteiger partial charge on any atom is -0.481 e. The molecule has 0 bridgehead atoms. The third-order valence-electron chi connectivity index (χ3n) is 2.82. The molecule has 2 unspecified atom stereocenters. The van der Waals surface area contributed by atoms with Crippen LogP contribution in [0, 0.1) is 5.92 Å². The molecule has 0 radical (unpaired) electrons. The van der Waals surface area contributed by atoms with Gasteiger partial charge in [-0.05, 0) is 26.2 Å². The van der Waals surface area contributed by atoms with Crippen LogP contribution in [0.5, 0.6) is 0 Å². The Morgan fingerprint density at radius 3 is 2.44 bits per heavy atom. The van der Waals surface area contributed by atoms with Crippen LogP contribution in [0.3, 0.4) is 0 Å². The number of unbranched alkanes of at least 4 members (excludes halogenated alkanes) is 2. The summed E-state index contributed by atoms with van der Waals surface area (Å²) in [5.74, 6) is -0.927.